The number of primary amides is 1. The number of carboxylic acids is 2. The second-order valence-electron chi connectivity index (χ2n) is 4.84. The number of hydrogen-bond acceptors (Lipinski definition) is 6. The van der Waals surface area contributed by atoms with E-state index in [1.54, 1.807) is 0 Å². The molecule has 130 valence electrons. The number of nitrogens with two attached hydrogens (primary N) is 2. The van der Waals surface area contributed by atoms with Crippen LogP contribution in [0.3, 0.4) is 0 Å². The molecule has 23 heavy (non-hydrogen) atoms. The number of nitrogens with one attached hydrogen (secondary N) is 2. The molecule has 0 bridgehead atoms. The molecular formula is C12H20N4O7. The second-order valence-corrected chi connectivity index (χ2v) is 4.84. The second kappa shape index (κ2) is 9.35. The van der Waals surface area contributed by atoms with Gasteiger partial charge in [0.05, 0.1) is 12.5 Å². The molecule has 8 N–H and O–H groups in total. The minimum Gasteiger partial charge on any atom is -0.481 e. The van der Waals surface area contributed by atoms with Gasteiger partial charge in [-0.1, -0.05) is 0 Å². The third-order valence-electron chi connectivity index (χ3n) is 2.78. The average molecular weight is 332 g/mol. The fraction of sp³-hybridized carbons (Fsp3) is 0.583. The van der Waals surface area contributed by atoms with Crippen molar-refractivity contribution in [3.63, 3.8) is 0 Å². The van der Waals surface area contributed by atoms with Crippen LogP contribution in [-0.4, -0.2) is 58.0 Å². The molecule has 0 aliphatic carbocycles. The molecule has 0 rings (SSSR count). The quantitative estimate of drug-likeness (QED) is 0.245. The maximum atomic E-state index is 11.9. The van der Waals surface area contributed by atoms with E-state index >= 15 is 0 Å². The zero-order valence-corrected chi connectivity index (χ0v) is 12.4. The molecule has 0 aromatic heterocycles. The zero-order chi connectivity index (χ0) is 18.2. The Morgan fingerprint density at radius 3 is 2.04 bits per heavy atom. The molecule has 0 spiro atoms. The van der Waals surface area contributed by atoms with Crippen LogP contribution < -0.4 is 22.1 Å². The van der Waals surface area contributed by atoms with Crippen LogP contribution in [0.5, 0.6) is 0 Å². The lowest BCUT2D eigenvalue weighted by atomic mass is 10.1. The van der Waals surface area contributed by atoms with E-state index in [0.717, 1.165) is 0 Å². The minimum atomic E-state index is -1.50. The lowest BCUT2D eigenvalue weighted by Crippen LogP contribution is -2.54. The van der Waals surface area contributed by atoms with E-state index in [1.807, 2.05) is 5.32 Å². The van der Waals surface area contributed by atoms with E-state index in [1.165, 1.54) is 6.92 Å². The molecule has 3 atom stereocenters. The summed E-state index contributed by atoms with van der Waals surface area (Å²) in [4.78, 5) is 55.7. The summed E-state index contributed by atoms with van der Waals surface area (Å²) in [6.45, 7) is 1.18. The SMILES string of the molecule is CC(NC(=O)C(CC(=O)O)NC(=O)C(N)CCC(N)=O)C(=O)O. The van der Waals surface area contributed by atoms with Crippen LogP contribution in [0.15, 0.2) is 0 Å². The van der Waals surface area contributed by atoms with E-state index in [-0.39, 0.29) is 12.8 Å². The van der Waals surface area contributed by atoms with Gasteiger partial charge in [-0.3, -0.25) is 24.0 Å². The molecule has 11 heteroatoms. The van der Waals surface area contributed by atoms with Gasteiger partial charge < -0.3 is 32.3 Å². The summed E-state index contributed by atoms with van der Waals surface area (Å²) in [6.07, 6.45) is -0.985. The Kier molecular flexibility index (Phi) is 8.26. The molecular weight excluding hydrogens is 312 g/mol. The first-order valence-corrected chi connectivity index (χ1v) is 6.63. The highest BCUT2D eigenvalue weighted by Gasteiger charge is 2.28. The highest BCUT2D eigenvalue weighted by Crippen LogP contribution is 1.99. The number of amides is 3. The van der Waals surface area contributed by atoms with Crippen LogP contribution in [0.2, 0.25) is 0 Å². The van der Waals surface area contributed by atoms with Gasteiger partial charge in [-0.25, -0.2) is 0 Å². The largest absolute Gasteiger partial charge is 0.481 e. The van der Waals surface area contributed by atoms with Crippen LogP contribution in [-0.2, 0) is 24.0 Å². The summed E-state index contributed by atoms with van der Waals surface area (Å²) in [7, 11) is 0. The molecule has 0 saturated carbocycles. The lowest BCUT2D eigenvalue weighted by molar-refractivity contribution is -0.143. The third kappa shape index (κ3) is 8.36. The van der Waals surface area contributed by atoms with Crippen molar-refractivity contribution in [2.45, 2.75) is 44.3 Å². The van der Waals surface area contributed by atoms with Crippen molar-refractivity contribution in [3.05, 3.63) is 0 Å². The van der Waals surface area contributed by atoms with Gasteiger partial charge in [-0.2, -0.15) is 0 Å². The van der Waals surface area contributed by atoms with Crippen molar-refractivity contribution in [1.29, 1.82) is 0 Å². The van der Waals surface area contributed by atoms with Crippen LogP contribution >= 0.6 is 0 Å². The van der Waals surface area contributed by atoms with E-state index in [9.17, 15) is 24.0 Å². The number of carboxylic acid groups (broad SMARTS) is 2. The van der Waals surface area contributed by atoms with E-state index in [0.29, 0.717) is 0 Å². The molecule has 0 aromatic carbocycles. The van der Waals surface area contributed by atoms with Crippen molar-refractivity contribution in [3.8, 4) is 0 Å². The molecule has 0 aliphatic heterocycles. The predicted octanol–water partition coefficient (Wildman–Crippen LogP) is -2.87. The number of carbonyl (C=O) groups excluding carboxylic acids is 3. The Morgan fingerprint density at radius 1 is 1.04 bits per heavy atom. The van der Waals surface area contributed by atoms with Gasteiger partial charge in [0.2, 0.25) is 17.7 Å². The smallest absolute Gasteiger partial charge is 0.325 e. The van der Waals surface area contributed by atoms with E-state index in [2.05, 4.69) is 5.32 Å². The first-order chi connectivity index (χ1) is 10.5. The molecule has 0 aliphatic rings. The molecule has 0 radical (unpaired) electrons. The Bertz CT molecular complexity index is 494. The molecule has 0 aromatic rings. The van der Waals surface area contributed by atoms with Gasteiger partial charge in [-0.05, 0) is 13.3 Å². The van der Waals surface area contributed by atoms with Crippen molar-refractivity contribution in [1.82, 2.24) is 10.6 Å². The van der Waals surface area contributed by atoms with Crippen molar-refractivity contribution in [2.24, 2.45) is 11.5 Å². The van der Waals surface area contributed by atoms with Crippen LogP contribution in [0.1, 0.15) is 26.2 Å². The average Bonchev–Trinajstić information content (AvgIpc) is 2.42. The summed E-state index contributed by atoms with van der Waals surface area (Å²) >= 11 is 0. The summed E-state index contributed by atoms with van der Waals surface area (Å²) in [5, 5.41) is 21.6. The fourth-order valence-electron chi connectivity index (χ4n) is 1.47. The van der Waals surface area contributed by atoms with Gasteiger partial charge in [0.25, 0.3) is 0 Å². The molecule has 11 nitrogen and oxygen atoms in total. The zero-order valence-electron chi connectivity index (χ0n) is 12.4. The Balaban J connectivity index is 4.80. The minimum absolute atomic E-state index is 0.0753. The van der Waals surface area contributed by atoms with Crippen molar-refractivity contribution in [2.75, 3.05) is 0 Å². The Labute approximate surface area is 131 Å². The number of aliphatic carboxylic acids is 2. The number of carbonyl (C=O) groups is 5. The highest BCUT2D eigenvalue weighted by molar-refractivity contribution is 5.93. The van der Waals surface area contributed by atoms with Gasteiger partial charge >= 0.3 is 11.9 Å². The number of hydrogen-bond donors (Lipinski definition) is 6. The first-order valence-electron chi connectivity index (χ1n) is 6.63. The molecule has 0 saturated heterocycles. The summed E-state index contributed by atoms with van der Waals surface area (Å²) < 4.78 is 0. The summed E-state index contributed by atoms with van der Waals surface area (Å²) in [5.41, 5.74) is 10.4. The highest BCUT2D eigenvalue weighted by atomic mass is 16.4. The van der Waals surface area contributed by atoms with E-state index in [4.69, 9.17) is 21.7 Å². The van der Waals surface area contributed by atoms with Gasteiger partial charge in [0, 0.05) is 6.42 Å². The van der Waals surface area contributed by atoms with Crippen molar-refractivity contribution < 1.29 is 34.2 Å². The molecule has 0 fully saturated rings. The fourth-order valence-corrected chi connectivity index (χ4v) is 1.47. The van der Waals surface area contributed by atoms with Crippen molar-refractivity contribution >= 4 is 29.7 Å². The molecule has 0 heterocycles. The standard InChI is InChI=1S/C12H20N4O7/c1-5(12(22)23)15-11(21)7(4-9(18)19)16-10(20)6(13)2-3-8(14)17/h5-7H,2-4,13H2,1H3,(H2,14,17)(H,15,21)(H,16,20)(H,18,19)(H,22,23). The third-order valence-corrected chi connectivity index (χ3v) is 2.78. The maximum Gasteiger partial charge on any atom is 0.325 e. The summed E-state index contributed by atoms with van der Waals surface area (Å²) in [5.74, 6) is -5.19. The van der Waals surface area contributed by atoms with Crippen LogP contribution in [0.4, 0.5) is 0 Å². The van der Waals surface area contributed by atoms with Crippen LogP contribution in [0, 0.1) is 0 Å². The topological polar surface area (TPSA) is 202 Å². The lowest BCUT2D eigenvalue weighted by Gasteiger charge is -2.20. The van der Waals surface area contributed by atoms with Gasteiger partial charge in [0.15, 0.2) is 0 Å². The van der Waals surface area contributed by atoms with Gasteiger partial charge in [-0.15, -0.1) is 0 Å². The normalized spacial score (nSPS) is 14.2. The molecule has 3 amide bonds. The van der Waals surface area contributed by atoms with E-state index < -0.39 is 54.2 Å². The van der Waals surface area contributed by atoms with Crippen LogP contribution in [0.25, 0.3) is 0 Å². The number of rotatable bonds is 10. The maximum absolute atomic E-state index is 11.9. The Morgan fingerprint density at radius 2 is 1.61 bits per heavy atom. The molecule has 3 unspecified atom stereocenters. The first kappa shape index (κ1) is 20.3. The monoisotopic (exact) mass is 332 g/mol. The summed E-state index contributed by atoms with van der Waals surface area (Å²) in [6, 6.07) is -3.93. The Hall–Kier alpha value is -2.69. The predicted molar refractivity (Wildman–Crippen MR) is 75.8 cm³/mol. The van der Waals surface area contributed by atoms with Gasteiger partial charge in [0.1, 0.15) is 12.1 Å².